The van der Waals surface area contributed by atoms with Crippen LogP contribution >= 0.6 is 11.3 Å². The number of carbonyl (C=O) groups excluding carboxylic acids is 1. The van der Waals surface area contributed by atoms with Crippen LogP contribution in [0.25, 0.3) is 0 Å². The molecule has 2 fully saturated rings. The summed E-state index contributed by atoms with van der Waals surface area (Å²) in [5, 5.41) is 0. The van der Waals surface area contributed by atoms with Gasteiger partial charge in [-0.05, 0) is 55.7 Å². The smallest absolute Gasteiger partial charge is 0.279 e. The Balaban J connectivity index is 1.37. The summed E-state index contributed by atoms with van der Waals surface area (Å²) in [5.41, 5.74) is 2.66. The summed E-state index contributed by atoms with van der Waals surface area (Å²) in [4.78, 5) is 19.2. The Bertz CT molecular complexity index is 1090. The van der Waals surface area contributed by atoms with Crippen LogP contribution in [0.3, 0.4) is 0 Å². The van der Waals surface area contributed by atoms with Gasteiger partial charge < -0.3 is 9.64 Å². The van der Waals surface area contributed by atoms with Gasteiger partial charge in [-0.15, -0.1) is 11.3 Å². The lowest BCUT2D eigenvalue weighted by atomic mass is 9.82. The molecule has 192 valence electrons. The summed E-state index contributed by atoms with van der Waals surface area (Å²) >= 11 is 1.30. The Morgan fingerprint density at radius 2 is 2.03 bits per heavy atom. The van der Waals surface area contributed by atoms with E-state index in [1.54, 1.807) is 28.7 Å². The van der Waals surface area contributed by atoms with Crippen molar-refractivity contribution in [1.82, 2.24) is 18.9 Å². The topological polar surface area (TPSA) is 91.8 Å². The largest absolute Gasteiger partial charge is 0.378 e. The second-order valence-electron chi connectivity index (χ2n) is 9.54. The van der Waals surface area contributed by atoms with Gasteiger partial charge in [0.1, 0.15) is 10.7 Å². The zero-order valence-corrected chi connectivity index (χ0v) is 21.7. The molecule has 2 aliphatic rings. The molecular formula is C24H33FN4O4S2. The first-order valence-electron chi connectivity index (χ1n) is 12.0. The third kappa shape index (κ3) is 6.65. The molecule has 1 aliphatic heterocycles. The molecule has 2 unspecified atom stereocenters. The van der Waals surface area contributed by atoms with Crippen LogP contribution < -0.4 is 4.72 Å². The normalized spacial score (nSPS) is 25.7. The number of benzene rings is 1. The molecule has 0 spiro atoms. The van der Waals surface area contributed by atoms with E-state index in [1.807, 2.05) is 6.07 Å². The zero-order chi connectivity index (χ0) is 25.0. The van der Waals surface area contributed by atoms with E-state index in [-0.39, 0.29) is 29.8 Å². The standard InChI is InChI=1S/C24H33FN4O4S2/c1-28(2)35(31,32)27-22-10-11-29(24(30)23-13-26-16-34-23)14-19(22)15-33-21-8-6-17(7-9-21)18-4-3-5-20(25)12-18/h3-5,12-13,16-17,19,21-22,27H,6-11,14-15H2,1-2H3/t17-,19?,21+,22?. The fourth-order valence-electron chi connectivity index (χ4n) is 4.90. The highest BCUT2D eigenvalue weighted by atomic mass is 32.2. The van der Waals surface area contributed by atoms with E-state index in [0.29, 0.717) is 36.9 Å². The summed E-state index contributed by atoms with van der Waals surface area (Å²) in [7, 11) is -0.624. The molecule has 2 atom stereocenters. The maximum absolute atomic E-state index is 13.6. The van der Waals surface area contributed by atoms with Crippen molar-refractivity contribution in [3.8, 4) is 0 Å². The van der Waals surface area contributed by atoms with Gasteiger partial charge in [0.2, 0.25) is 0 Å². The van der Waals surface area contributed by atoms with Crippen LogP contribution in [0, 0.1) is 11.7 Å². The molecule has 0 bridgehead atoms. The van der Waals surface area contributed by atoms with E-state index in [0.717, 1.165) is 35.6 Å². The quantitative estimate of drug-likeness (QED) is 0.573. The van der Waals surface area contributed by atoms with Gasteiger partial charge in [-0.25, -0.2) is 4.39 Å². The maximum atomic E-state index is 13.6. The molecule has 1 saturated carbocycles. The average Bonchev–Trinajstić information content (AvgIpc) is 3.38. The molecule has 2 heterocycles. The number of hydrogen-bond acceptors (Lipinski definition) is 6. The third-order valence-electron chi connectivity index (χ3n) is 6.99. The zero-order valence-electron chi connectivity index (χ0n) is 20.1. The van der Waals surface area contributed by atoms with Crippen molar-refractivity contribution in [1.29, 1.82) is 0 Å². The monoisotopic (exact) mass is 524 g/mol. The number of halogens is 1. The number of ether oxygens (including phenoxy) is 1. The van der Waals surface area contributed by atoms with Gasteiger partial charge in [0.05, 0.1) is 24.4 Å². The molecule has 1 saturated heterocycles. The Kier molecular flexibility index (Phi) is 8.54. The summed E-state index contributed by atoms with van der Waals surface area (Å²) in [6.07, 6.45) is 5.72. The Labute approximate surface area is 210 Å². The second kappa shape index (κ2) is 11.4. The minimum atomic E-state index is -3.61. The highest BCUT2D eigenvalue weighted by Crippen LogP contribution is 2.34. The lowest BCUT2D eigenvalue weighted by molar-refractivity contribution is -0.0150. The number of amides is 1. The predicted molar refractivity (Wildman–Crippen MR) is 133 cm³/mol. The number of aromatic nitrogens is 1. The van der Waals surface area contributed by atoms with Gasteiger partial charge in [0, 0.05) is 39.1 Å². The van der Waals surface area contributed by atoms with Crippen LogP contribution in [0.1, 0.15) is 53.3 Å². The average molecular weight is 525 g/mol. The minimum Gasteiger partial charge on any atom is -0.378 e. The summed E-state index contributed by atoms with van der Waals surface area (Å²) < 4.78 is 48.9. The highest BCUT2D eigenvalue weighted by molar-refractivity contribution is 7.87. The van der Waals surface area contributed by atoms with Crippen LogP contribution in [0.15, 0.2) is 36.0 Å². The molecule has 8 nitrogen and oxygen atoms in total. The number of piperidine rings is 1. The van der Waals surface area contributed by atoms with Gasteiger partial charge >= 0.3 is 0 Å². The summed E-state index contributed by atoms with van der Waals surface area (Å²) in [6.45, 7) is 1.24. The van der Waals surface area contributed by atoms with Crippen molar-refractivity contribution in [3.63, 3.8) is 0 Å². The predicted octanol–water partition coefficient (Wildman–Crippen LogP) is 3.25. The van der Waals surface area contributed by atoms with Crippen molar-refractivity contribution in [2.45, 2.75) is 50.2 Å². The van der Waals surface area contributed by atoms with E-state index in [2.05, 4.69) is 9.71 Å². The number of hydrogen-bond donors (Lipinski definition) is 1. The molecule has 35 heavy (non-hydrogen) atoms. The van der Waals surface area contributed by atoms with Crippen molar-refractivity contribution >= 4 is 27.5 Å². The van der Waals surface area contributed by atoms with Crippen LogP contribution in [-0.2, 0) is 14.9 Å². The molecule has 2 aromatic rings. The van der Waals surface area contributed by atoms with Crippen LogP contribution in [0.5, 0.6) is 0 Å². The number of thiazole rings is 1. The maximum Gasteiger partial charge on any atom is 0.279 e. The number of rotatable bonds is 8. The molecule has 1 N–H and O–H groups in total. The lowest BCUT2D eigenvalue weighted by Crippen LogP contribution is -2.55. The van der Waals surface area contributed by atoms with Crippen molar-refractivity contribution in [3.05, 3.63) is 52.2 Å². The first kappa shape index (κ1) is 26.2. The lowest BCUT2D eigenvalue weighted by Gasteiger charge is -2.39. The first-order valence-corrected chi connectivity index (χ1v) is 14.3. The van der Waals surface area contributed by atoms with Gasteiger partial charge in [0.25, 0.3) is 16.1 Å². The molecule has 1 aromatic heterocycles. The Hall–Kier alpha value is -1.92. The molecule has 1 aromatic carbocycles. The van der Waals surface area contributed by atoms with Gasteiger partial charge in [-0.1, -0.05) is 12.1 Å². The van der Waals surface area contributed by atoms with Gasteiger partial charge in [0.15, 0.2) is 0 Å². The Morgan fingerprint density at radius 3 is 2.69 bits per heavy atom. The second-order valence-corrected chi connectivity index (χ2v) is 12.3. The van der Waals surface area contributed by atoms with E-state index < -0.39 is 10.2 Å². The first-order chi connectivity index (χ1) is 16.7. The fraction of sp³-hybridized carbons (Fsp3) is 0.583. The van der Waals surface area contributed by atoms with E-state index in [1.165, 1.54) is 31.5 Å². The van der Waals surface area contributed by atoms with Crippen molar-refractivity contribution in [2.75, 3.05) is 33.8 Å². The SMILES string of the molecule is CN(C)S(=O)(=O)NC1CCN(C(=O)c2cncs2)CC1CO[C@H]1CC[C@@H](c2cccc(F)c2)CC1. The molecular weight excluding hydrogens is 491 g/mol. The van der Waals surface area contributed by atoms with Crippen LogP contribution in [-0.4, -0.2) is 74.5 Å². The molecule has 11 heteroatoms. The third-order valence-corrected chi connectivity index (χ3v) is 9.31. The number of nitrogens with one attached hydrogen (secondary N) is 1. The number of nitrogens with zero attached hydrogens (tertiary/aromatic N) is 3. The fourth-order valence-corrected chi connectivity index (χ4v) is 6.39. The summed E-state index contributed by atoms with van der Waals surface area (Å²) in [5.74, 6) is -0.132. The molecule has 1 aliphatic carbocycles. The van der Waals surface area contributed by atoms with Crippen LogP contribution in [0.2, 0.25) is 0 Å². The molecule has 4 rings (SSSR count). The Morgan fingerprint density at radius 1 is 1.26 bits per heavy atom. The molecule has 1 amide bonds. The van der Waals surface area contributed by atoms with Gasteiger partial charge in [-0.3, -0.25) is 9.78 Å². The van der Waals surface area contributed by atoms with E-state index in [9.17, 15) is 17.6 Å². The molecule has 0 radical (unpaired) electrons. The number of likely N-dealkylation sites (tertiary alicyclic amines) is 1. The van der Waals surface area contributed by atoms with Gasteiger partial charge in [-0.2, -0.15) is 17.4 Å². The summed E-state index contributed by atoms with van der Waals surface area (Å²) in [6, 6.07) is 6.49. The van der Waals surface area contributed by atoms with E-state index >= 15 is 0 Å². The number of carbonyl (C=O) groups is 1. The minimum absolute atomic E-state index is 0.0680. The van der Waals surface area contributed by atoms with E-state index in [4.69, 9.17) is 4.74 Å². The van der Waals surface area contributed by atoms with Crippen molar-refractivity contribution < 1.29 is 22.3 Å². The van der Waals surface area contributed by atoms with Crippen LogP contribution in [0.4, 0.5) is 4.39 Å². The van der Waals surface area contributed by atoms with Crippen molar-refractivity contribution in [2.24, 2.45) is 5.92 Å². The highest BCUT2D eigenvalue weighted by Gasteiger charge is 2.36.